The lowest BCUT2D eigenvalue weighted by molar-refractivity contribution is -0.139. The normalized spacial score (nSPS) is 33.5. The summed E-state index contributed by atoms with van der Waals surface area (Å²) in [5, 5.41) is 0. The number of carbonyl (C=O) groups is 2. The van der Waals surface area contributed by atoms with Crippen molar-refractivity contribution in [3.05, 3.63) is 29.3 Å². The Labute approximate surface area is 148 Å². The number of hydrogen-bond donors (Lipinski definition) is 0. The van der Waals surface area contributed by atoms with E-state index in [1.54, 1.807) is 7.11 Å². The number of amides is 1. The minimum atomic E-state index is -0.233. The van der Waals surface area contributed by atoms with Crippen molar-refractivity contribution in [3.8, 4) is 5.75 Å². The van der Waals surface area contributed by atoms with Crippen molar-refractivity contribution in [2.75, 3.05) is 13.7 Å². The van der Waals surface area contributed by atoms with E-state index in [2.05, 4.69) is 6.07 Å². The van der Waals surface area contributed by atoms with Crippen molar-refractivity contribution in [2.24, 2.45) is 11.8 Å². The van der Waals surface area contributed by atoms with Gasteiger partial charge in [-0.2, -0.15) is 0 Å². The van der Waals surface area contributed by atoms with Gasteiger partial charge in [-0.1, -0.05) is 12.8 Å². The molecule has 1 heterocycles. The lowest BCUT2D eigenvalue weighted by Gasteiger charge is -2.58. The minimum Gasteiger partial charge on any atom is -0.497 e. The second-order valence-corrected chi connectivity index (χ2v) is 8.28. The molecule has 4 heteroatoms. The molecule has 1 saturated heterocycles. The average molecular weight is 339 g/mol. The molecule has 25 heavy (non-hydrogen) atoms. The van der Waals surface area contributed by atoms with Crippen molar-refractivity contribution in [2.45, 2.75) is 56.4 Å². The average Bonchev–Trinajstić information content (AvgIpc) is 3.50. The third-order valence-electron chi connectivity index (χ3n) is 7.12. The van der Waals surface area contributed by atoms with Gasteiger partial charge in [-0.15, -0.1) is 0 Å². The van der Waals surface area contributed by atoms with Gasteiger partial charge >= 0.3 is 0 Å². The number of piperidine rings is 1. The van der Waals surface area contributed by atoms with Gasteiger partial charge in [-0.05, 0) is 61.8 Å². The summed E-state index contributed by atoms with van der Waals surface area (Å²) in [4.78, 5) is 28.2. The van der Waals surface area contributed by atoms with Gasteiger partial charge in [0.05, 0.1) is 13.2 Å². The number of methoxy groups -OCH3 is 1. The predicted octanol–water partition coefficient (Wildman–Crippen LogP) is 3.33. The number of fused-ring (bicyclic) bond motifs is 1. The zero-order chi connectivity index (χ0) is 17.2. The summed E-state index contributed by atoms with van der Waals surface area (Å²) in [6.07, 6.45) is 7.56. The van der Waals surface area contributed by atoms with Crippen LogP contribution in [0, 0.1) is 11.8 Å². The zero-order valence-corrected chi connectivity index (χ0v) is 14.8. The first-order chi connectivity index (χ1) is 12.2. The molecule has 0 N–H and O–H groups in total. The first-order valence-electron chi connectivity index (χ1n) is 9.69. The largest absolute Gasteiger partial charge is 0.497 e. The van der Waals surface area contributed by atoms with Gasteiger partial charge in [0.2, 0.25) is 5.91 Å². The second kappa shape index (κ2) is 5.33. The molecular weight excluding hydrogens is 314 g/mol. The Hall–Kier alpha value is -1.84. The topological polar surface area (TPSA) is 46.6 Å². The van der Waals surface area contributed by atoms with Gasteiger partial charge in [-0.3, -0.25) is 9.59 Å². The van der Waals surface area contributed by atoms with Gasteiger partial charge in [-0.25, -0.2) is 0 Å². The van der Waals surface area contributed by atoms with E-state index in [4.69, 9.17) is 4.74 Å². The molecule has 1 aliphatic heterocycles. The highest BCUT2D eigenvalue weighted by Crippen LogP contribution is 2.56. The first-order valence-corrected chi connectivity index (χ1v) is 9.69. The third kappa shape index (κ3) is 2.06. The lowest BCUT2D eigenvalue weighted by Crippen LogP contribution is -2.64. The van der Waals surface area contributed by atoms with Crippen LogP contribution in [0.5, 0.6) is 5.75 Å². The quantitative estimate of drug-likeness (QED) is 0.830. The fourth-order valence-corrected chi connectivity index (χ4v) is 5.75. The van der Waals surface area contributed by atoms with E-state index in [-0.39, 0.29) is 35.0 Å². The molecule has 2 saturated carbocycles. The highest BCUT2D eigenvalue weighted by Gasteiger charge is 2.58. The molecule has 0 unspecified atom stereocenters. The number of ether oxygens (including phenoxy) is 1. The Kier molecular flexibility index (Phi) is 3.28. The van der Waals surface area contributed by atoms with Crippen LogP contribution in [0.4, 0.5) is 0 Å². The Morgan fingerprint density at radius 3 is 2.80 bits per heavy atom. The molecule has 1 aromatic carbocycles. The van der Waals surface area contributed by atoms with Crippen LogP contribution >= 0.6 is 0 Å². The molecular formula is C21H25NO3. The molecule has 0 aromatic heterocycles. The van der Waals surface area contributed by atoms with Gasteiger partial charge < -0.3 is 9.64 Å². The number of likely N-dealkylation sites (tertiary alicyclic amines) is 1. The molecule has 1 amide bonds. The van der Waals surface area contributed by atoms with Crippen molar-refractivity contribution in [1.82, 2.24) is 4.90 Å². The number of ketones is 1. The lowest BCUT2D eigenvalue weighted by atomic mass is 9.52. The Balaban J connectivity index is 1.65. The van der Waals surface area contributed by atoms with Gasteiger partial charge in [0.25, 0.3) is 0 Å². The molecule has 4 nitrogen and oxygen atoms in total. The van der Waals surface area contributed by atoms with E-state index in [9.17, 15) is 9.59 Å². The molecule has 0 radical (unpaired) electrons. The summed E-state index contributed by atoms with van der Waals surface area (Å²) in [5.41, 5.74) is 2.08. The Morgan fingerprint density at radius 2 is 2.04 bits per heavy atom. The van der Waals surface area contributed by atoms with Crippen LogP contribution in [0.3, 0.4) is 0 Å². The van der Waals surface area contributed by atoms with Crippen LogP contribution in [0.2, 0.25) is 0 Å². The SMILES string of the molecule is COc1ccc2c(c1)[C@]13CCCC[C@H]1[C@H](C2=O)N(C(=O)C1CC1)CC3. The molecule has 132 valence electrons. The van der Waals surface area contributed by atoms with Crippen LogP contribution in [0.25, 0.3) is 0 Å². The van der Waals surface area contributed by atoms with Crippen LogP contribution in [0.1, 0.15) is 60.9 Å². The summed E-state index contributed by atoms with van der Waals surface area (Å²) in [7, 11) is 1.68. The molecule has 3 aliphatic carbocycles. The predicted molar refractivity (Wildman–Crippen MR) is 93.8 cm³/mol. The van der Waals surface area contributed by atoms with E-state index in [1.807, 2.05) is 17.0 Å². The summed E-state index contributed by atoms with van der Waals surface area (Å²) in [6.45, 7) is 0.735. The van der Waals surface area contributed by atoms with Gasteiger partial charge in [0.1, 0.15) is 5.75 Å². The van der Waals surface area contributed by atoms with E-state index in [0.717, 1.165) is 50.0 Å². The highest BCUT2D eigenvalue weighted by molar-refractivity contribution is 6.05. The molecule has 1 aromatic rings. The van der Waals surface area contributed by atoms with E-state index in [0.29, 0.717) is 0 Å². The molecule has 2 bridgehead atoms. The van der Waals surface area contributed by atoms with E-state index >= 15 is 0 Å². The molecule has 3 atom stereocenters. The summed E-state index contributed by atoms with van der Waals surface area (Å²) < 4.78 is 5.45. The van der Waals surface area contributed by atoms with E-state index < -0.39 is 0 Å². The fourth-order valence-electron chi connectivity index (χ4n) is 5.75. The molecule has 0 spiro atoms. The maximum Gasteiger partial charge on any atom is 0.226 e. The minimum absolute atomic E-state index is 0.0566. The Morgan fingerprint density at radius 1 is 1.20 bits per heavy atom. The van der Waals surface area contributed by atoms with Crippen LogP contribution < -0.4 is 4.74 Å². The highest BCUT2D eigenvalue weighted by atomic mass is 16.5. The number of nitrogens with zero attached hydrogens (tertiary/aromatic N) is 1. The van der Waals surface area contributed by atoms with Gasteiger partial charge in [0, 0.05) is 23.4 Å². The molecule has 5 rings (SSSR count). The number of rotatable bonds is 2. The molecule has 3 fully saturated rings. The fraction of sp³-hybridized carbons (Fsp3) is 0.619. The number of carbonyl (C=O) groups excluding carboxylic acids is 2. The van der Waals surface area contributed by atoms with Crippen molar-refractivity contribution in [1.29, 1.82) is 0 Å². The second-order valence-electron chi connectivity index (χ2n) is 8.28. The number of benzene rings is 1. The zero-order valence-electron chi connectivity index (χ0n) is 14.8. The van der Waals surface area contributed by atoms with Crippen molar-refractivity contribution >= 4 is 11.7 Å². The smallest absolute Gasteiger partial charge is 0.226 e. The maximum atomic E-state index is 13.4. The van der Waals surface area contributed by atoms with Gasteiger partial charge in [0.15, 0.2) is 5.78 Å². The van der Waals surface area contributed by atoms with Crippen LogP contribution in [0.15, 0.2) is 18.2 Å². The number of hydrogen-bond acceptors (Lipinski definition) is 3. The standard InChI is InChI=1S/C21H25NO3/c1-25-14-7-8-15-17(12-14)21-9-3-2-4-16(21)18(19(15)23)22(11-10-21)20(24)13-5-6-13/h7-8,12-13,16,18H,2-6,9-11H2,1H3/t16-,18+,21-/m0/s1. The van der Waals surface area contributed by atoms with Crippen molar-refractivity contribution < 1.29 is 14.3 Å². The molecule has 4 aliphatic rings. The number of Topliss-reactive ketones (excluding diaryl/α,β-unsaturated/α-hetero) is 1. The van der Waals surface area contributed by atoms with Crippen molar-refractivity contribution in [3.63, 3.8) is 0 Å². The summed E-state index contributed by atoms with van der Waals surface area (Å²) >= 11 is 0. The third-order valence-corrected chi connectivity index (χ3v) is 7.12. The monoisotopic (exact) mass is 339 g/mol. The summed E-state index contributed by atoms with van der Waals surface area (Å²) in [5.74, 6) is 1.69. The maximum absolute atomic E-state index is 13.4. The Bertz CT molecular complexity index is 754. The summed E-state index contributed by atoms with van der Waals surface area (Å²) in [6, 6.07) is 5.68. The van der Waals surface area contributed by atoms with Crippen LogP contribution in [-0.4, -0.2) is 36.3 Å². The van der Waals surface area contributed by atoms with E-state index in [1.165, 1.54) is 18.4 Å². The van der Waals surface area contributed by atoms with Crippen LogP contribution in [-0.2, 0) is 10.2 Å². The first kappa shape index (κ1) is 15.4.